The molecule has 176 valence electrons. The van der Waals surface area contributed by atoms with Gasteiger partial charge in [0, 0.05) is 33.9 Å². The number of fused-ring (bicyclic) bond motifs is 2. The number of nitrogens with one attached hydrogen (secondary N) is 1. The first-order valence-electron chi connectivity index (χ1n) is 11.3. The fraction of sp³-hybridized carbons (Fsp3) is 0.296. The molecule has 2 heterocycles. The third kappa shape index (κ3) is 4.09. The molecule has 0 spiro atoms. The van der Waals surface area contributed by atoms with Crippen LogP contribution in [0.5, 0.6) is 0 Å². The molecule has 7 nitrogen and oxygen atoms in total. The summed E-state index contributed by atoms with van der Waals surface area (Å²) in [5.74, 6) is -0.724. The average molecular weight is 462 g/mol. The van der Waals surface area contributed by atoms with E-state index in [1.807, 2.05) is 57.2 Å². The number of rotatable bonds is 7. The molecule has 0 aliphatic heterocycles. The molecule has 0 bridgehead atoms. The van der Waals surface area contributed by atoms with E-state index in [2.05, 4.69) is 5.32 Å². The number of carboxylic acids is 1. The second-order valence-corrected chi connectivity index (χ2v) is 8.51. The van der Waals surface area contributed by atoms with Gasteiger partial charge < -0.3 is 19.3 Å². The Morgan fingerprint density at radius 2 is 1.68 bits per heavy atom. The van der Waals surface area contributed by atoms with Crippen molar-refractivity contribution in [1.82, 2.24) is 5.32 Å². The molecule has 0 aliphatic rings. The highest BCUT2D eigenvalue weighted by Gasteiger charge is 2.22. The van der Waals surface area contributed by atoms with Crippen molar-refractivity contribution in [2.75, 3.05) is 0 Å². The van der Waals surface area contributed by atoms with Gasteiger partial charge in [-0.15, -0.1) is 0 Å². The van der Waals surface area contributed by atoms with Crippen LogP contribution in [0.3, 0.4) is 0 Å². The van der Waals surface area contributed by atoms with Gasteiger partial charge in [0.2, 0.25) is 5.91 Å². The van der Waals surface area contributed by atoms with Crippen molar-refractivity contribution < 1.29 is 23.5 Å². The summed E-state index contributed by atoms with van der Waals surface area (Å²) in [6.45, 7) is 7.32. The molecule has 0 fully saturated rings. The van der Waals surface area contributed by atoms with E-state index in [1.54, 1.807) is 6.92 Å². The highest BCUT2D eigenvalue weighted by Crippen LogP contribution is 2.39. The van der Waals surface area contributed by atoms with Gasteiger partial charge in [0.25, 0.3) is 0 Å². The summed E-state index contributed by atoms with van der Waals surface area (Å²) in [4.78, 5) is 36.3. The quantitative estimate of drug-likeness (QED) is 0.373. The van der Waals surface area contributed by atoms with E-state index >= 15 is 0 Å². The van der Waals surface area contributed by atoms with Crippen LogP contribution in [0.1, 0.15) is 42.2 Å². The smallest absolute Gasteiger partial charge is 0.339 e. The van der Waals surface area contributed by atoms with Crippen molar-refractivity contribution in [3.63, 3.8) is 0 Å². The summed E-state index contributed by atoms with van der Waals surface area (Å²) in [7, 11) is 0. The molecule has 0 saturated heterocycles. The Labute approximate surface area is 196 Å². The van der Waals surface area contributed by atoms with Crippen molar-refractivity contribution in [2.45, 2.75) is 53.0 Å². The van der Waals surface area contributed by atoms with E-state index < -0.39 is 23.5 Å². The molecule has 4 aromatic rings. The van der Waals surface area contributed by atoms with E-state index in [0.717, 1.165) is 38.8 Å². The number of benzene rings is 2. The Kier molecular flexibility index (Phi) is 6.28. The minimum absolute atomic E-state index is 0.0117. The molecule has 0 aliphatic carbocycles. The van der Waals surface area contributed by atoms with Gasteiger partial charge in [-0.2, -0.15) is 0 Å². The Morgan fingerprint density at radius 1 is 1.00 bits per heavy atom. The zero-order chi connectivity index (χ0) is 24.6. The third-order valence-electron chi connectivity index (χ3n) is 6.34. The van der Waals surface area contributed by atoms with Crippen molar-refractivity contribution in [1.29, 1.82) is 0 Å². The van der Waals surface area contributed by atoms with E-state index in [-0.39, 0.29) is 19.3 Å². The van der Waals surface area contributed by atoms with Crippen LogP contribution in [0.25, 0.3) is 33.1 Å². The summed E-state index contributed by atoms with van der Waals surface area (Å²) >= 11 is 0. The lowest BCUT2D eigenvalue weighted by Gasteiger charge is -2.13. The summed E-state index contributed by atoms with van der Waals surface area (Å²) in [6, 6.07) is 11.0. The average Bonchev–Trinajstić information content (AvgIpc) is 3.14. The number of hydrogen-bond donors (Lipinski definition) is 2. The molecule has 7 heteroatoms. The van der Waals surface area contributed by atoms with Gasteiger partial charge in [-0.1, -0.05) is 37.3 Å². The van der Waals surface area contributed by atoms with Crippen molar-refractivity contribution in [2.24, 2.45) is 0 Å². The minimum Gasteiger partial charge on any atom is -0.480 e. The Balaban J connectivity index is 1.77. The first-order valence-corrected chi connectivity index (χ1v) is 11.3. The summed E-state index contributed by atoms with van der Waals surface area (Å²) < 4.78 is 11.8. The molecule has 34 heavy (non-hydrogen) atoms. The van der Waals surface area contributed by atoms with Crippen molar-refractivity contribution in [3.8, 4) is 11.1 Å². The minimum atomic E-state index is -1.08. The maximum atomic E-state index is 12.8. The highest BCUT2D eigenvalue weighted by atomic mass is 16.4. The standard InChI is InChI=1S/C27H27NO6/c1-5-21(26(30)31)28-22(29)12-11-18-14(2)19-13-20-23(17-9-7-6-8-10-17)16(4)33-25(20)15(3)24(19)34-27(18)32/h6-10,13,21H,5,11-12H2,1-4H3,(H,28,29)(H,30,31). The monoisotopic (exact) mass is 461 g/mol. The summed E-state index contributed by atoms with van der Waals surface area (Å²) in [5.41, 5.74) is 4.57. The van der Waals surface area contributed by atoms with Crippen LogP contribution < -0.4 is 10.9 Å². The second kappa shape index (κ2) is 9.17. The Morgan fingerprint density at radius 3 is 2.32 bits per heavy atom. The molecule has 0 saturated carbocycles. The van der Waals surface area contributed by atoms with Gasteiger partial charge in [0.1, 0.15) is 23.0 Å². The van der Waals surface area contributed by atoms with Crippen LogP contribution in [0.4, 0.5) is 0 Å². The number of aryl methyl sites for hydroxylation is 3. The molecule has 1 unspecified atom stereocenters. The van der Waals surface area contributed by atoms with Crippen LogP contribution in [-0.4, -0.2) is 23.0 Å². The topological polar surface area (TPSA) is 110 Å². The van der Waals surface area contributed by atoms with Gasteiger partial charge in [0.15, 0.2) is 0 Å². The summed E-state index contributed by atoms with van der Waals surface area (Å²) in [6.07, 6.45) is 0.419. The molecular formula is C27H27NO6. The molecule has 4 rings (SSSR count). The molecule has 2 aromatic heterocycles. The molecule has 2 aromatic carbocycles. The summed E-state index contributed by atoms with van der Waals surface area (Å²) in [5, 5.41) is 13.4. The van der Waals surface area contributed by atoms with Crippen LogP contribution in [-0.2, 0) is 16.0 Å². The van der Waals surface area contributed by atoms with Crippen molar-refractivity contribution in [3.05, 3.63) is 69.3 Å². The van der Waals surface area contributed by atoms with Crippen molar-refractivity contribution >= 4 is 33.8 Å². The fourth-order valence-corrected chi connectivity index (χ4v) is 4.47. The highest BCUT2D eigenvalue weighted by molar-refractivity contribution is 6.05. The molecule has 2 N–H and O–H groups in total. The normalized spacial score (nSPS) is 12.2. The van der Waals surface area contributed by atoms with E-state index in [9.17, 15) is 14.4 Å². The maximum absolute atomic E-state index is 12.8. The fourth-order valence-electron chi connectivity index (χ4n) is 4.47. The Bertz CT molecular complexity index is 1460. The molecule has 1 amide bonds. The predicted molar refractivity (Wildman–Crippen MR) is 130 cm³/mol. The zero-order valence-electron chi connectivity index (χ0n) is 19.7. The second-order valence-electron chi connectivity index (χ2n) is 8.51. The van der Waals surface area contributed by atoms with Crippen LogP contribution in [0.15, 0.2) is 50.0 Å². The van der Waals surface area contributed by atoms with Gasteiger partial charge in [0.05, 0.1) is 0 Å². The zero-order valence-corrected chi connectivity index (χ0v) is 19.7. The number of carbonyl (C=O) groups is 2. The van der Waals surface area contributed by atoms with Gasteiger partial charge in [-0.25, -0.2) is 9.59 Å². The first kappa shape index (κ1) is 23.3. The van der Waals surface area contributed by atoms with Gasteiger partial charge in [-0.3, -0.25) is 4.79 Å². The number of furan rings is 1. The van der Waals surface area contributed by atoms with E-state index in [0.29, 0.717) is 16.7 Å². The van der Waals surface area contributed by atoms with Gasteiger partial charge in [-0.05, 0) is 50.8 Å². The SMILES string of the molecule is CCC(NC(=O)CCc1c(C)c2cc3c(-c4ccccc4)c(C)oc3c(C)c2oc1=O)C(=O)O. The van der Waals surface area contributed by atoms with Gasteiger partial charge >= 0.3 is 11.6 Å². The Hall–Kier alpha value is -3.87. The van der Waals surface area contributed by atoms with Crippen LogP contribution in [0, 0.1) is 20.8 Å². The van der Waals surface area contributed by atoms with Crippen LogP contribution >= 0.6 is 0 Å². The number of amides is 1. The molecular weight excluding hydrogens is 434 g/mol. The predicted octanol–water partition coefficient (Wildman–Crippen LogP) is 5.04. The van der Waals surface area contributed by atoms with Crippen LogP contribution in [0.2, 0.25) is 0 Å². The lowest BCUT2D eigenvalue weighted by atomic mass is 9.96. The first-order chi connectivity index (χ1) is 16.2. The molecule has 0 radical (unpaired) electrons. The maximum Gasteiger partial charge on any atom is 0.339 e. The lowest BCUT2D eigenvalue weighted by Crippen LogP contribution is -2.40. The van der Waals surface area contributed by atoms with E-state index in [1.165, 1.54) is 0 Å². The number of hydrogen-bond acceptors (Lipinski definition) is 5. The number of carboxylic acid groups (broad SMARTS) is 1. The molecule has 1 atom stereocenters. The number of aliphatic carboxylic acids is 1. The largest absolute Gasteiger partial charge is 0.480 e. The third-order valence-corrected chi connectivity index (χ3v) is 6.34. The van der Waals surface area contributed by atoms with E-state index in [4.69, 9.17) is 13.9 Å². The number of carbonyl (C=O) groups excluding carboxylic acids is 1. The lowest BCUT2D eigenvalue weighted by molar-refractivity contribution is -0.141.